The van der Waals surface area contributed by atoms with Crippen LogP contribution in [0.15, 0.2) is 18.2 Å². The molecular weight excluding hydrogens is 381 g/mol. The third kappa shape index (κ3) is 5.07. The Morgan fingerprint density at radius 2 is 2.04 bits per heavy atom. The third-order valence-corrected chi connectivity index (χ3v) is 6.05. The van der Waals surface area contributed by atoms with Gasteiger partial charge in [0.1, 0.15) is 11.9 Å². The Labute approximate surface area is 169 Å². The zero-order valence-electron chi connectivity index (χ0n) is 16.5. The molecule has 1 aromatic heterocycles. The van der Waals surface area contributed by atoms with Crippen LogP contribution in [0.25, 0.3) is 0 Å². The van der Waals surface area contributed by atoms with Gasteiger partial charge >= 0.3 is 0 Å². The van der Waals surface area contributed by atoms with Gasteiger partial charge in [-0.3, -0.25) is 4.79 Å². The van der Waals surface area contributed by atoms with Crippen molar-refractivity contribution in [3.8, 4) is 0 Å². The molecule has 1 aromatic carbocycles. The molecule has 0 bridgehead atoms. The van der Waals surface area contributed by atoms with Gasteiger partial charge in [-0.05, 0) is 60.6 Å². The van der Waals surface area contributed by atoms with Gasteiger partial charge in [-0.2, -0.15) is 5.21 Å². The Balaban J connectivity index is 1.65. The average Bonchev–Trinajstić information content (AvgIpc) is 3.16. The van der Waals surface area contributed by atoms with Gasteiger partial charge in [0.15, 0.2) is 0 Å². The van der Waals surface area contributed by atoms with Crippen LogP contribution in [-0.4, -0.2) is 26.5 Å². The monoisotopic (exact) mass is 407 g/mol. The molecular formula is C20H27ClFN5O. The van der Waals surface area contributed by atoms with Crippen molar-refractivity contribution in [1.82, 2.24) is 25.9 Å². The molecule has 1 aliphatic carbocycles. The van der Waals surface area contributed by atoms with Gasteiger partial charge in [-0.15, -0.1) is 10.2 Å². The third-order valence-electron chi connectivity index (χ3n) is 5.75. The second kappa shape index (κ2) is 8.55. The molecule has 1 fully saturated rings. The first kappa shape index (κ1) is 20.7. The molecule has 0 saturated heterocycles. The molecule has 1 atom stereocenters. The molecule has 2 aromatic rings. The highest BCUT2D eigenvalue weighted by Gasteiger charge is 2.31. The lowest BCUT2D eigenvalue weighted by Gasteiger charge is -2.36. The largest absolute Gasteiger partial charge is 0.342 e. The van der Waals surface area contributed by atoms with Crippen molar-refractivity contribution in [2.75, 3.05) is 0 Å². The molecule has 3 rings (SSSR count). The van der Waals surface area contributed by atoms with Gasteiger partial charge in [0, 0.05) is 6.42 Å². The number of aromatic amines is 1. The lowest BCUT2D eigenvalue weighted by molar-refractivity contribution is -0.122. The van der Waals surface area contributed by atoms with E-state index in [-0.39, 0.29) is 16.8 Å². The molecule has 152 valence electrons. The number of carbonyl (C=O) groups is 1. The fourth-order valence-electron chi connectivity index (χ4n) is 4.00. The van der Waals surface area contributed by atoms with Gasteiger partial charge in [0.05, 0.1) is 5.02 Å². The van der Waals surface area contributed by atoms with Crippen LogP contribution in [0.2, 0.25) is 5.02 Å². The fraction of sp³-hybridized carbons (Fsp3) is 0.600. The van der Waals surface area contributed by atoms with E-state index in [0.717, 1.165) is 25.7 Å². The predicted octanol–water partition coefficient (Wildman–Crippen LogP) is 4.44. The Morgan fingerprint density at radius 3 is 2.61 bits per heavy atom. The number of halogens is 2. The molecule has 0 aliphatic heterocycles. The Kier molecular flexibility index (Phi) is 6.33. The van der Waals surface area contributed by atoms with Crippen LogP contribution < -0.4 is 5.32 Å². The van der Waals surface area contributed by atoms with E-state index in [1.165, 1.54) is 12.1 Å². The molecule has 1 unspecified atom stereocenters. The second-order valence-corrected chi connectivity index (χ2v) is 9.14. The topological polar surface area (TPSA) is 83.6 Å². The molecule has 8 heteroatoms. The number of carbonyl (C=O) groups excluding carboxylic acids is 1. The minimum absolute atomic E-state index is 0.0255. The maximum absolute atomic E-state index is 13.9. The highest BCUT2D eigenvalue weighted by molar-refractivity contribution is 6.30. The molecule has 1 aliphatic rings. The first-order valence-electron chi connectivity index (χ1n) is 9.71. The highest BCUT2D eigenvalue weighted by Crippen LogP contribution is 2.40. The maximum Gasteiger partial charge on any atom is 0.221 e. The first-order chi connectivity index (χ1) is 13.2. The summed E-state index contributed by atoms with van der Waals surface area (Å²) in [5.74, 6) is 0.709. The number of tetrazole rings is 1. The van der Waals surface area contributed by atoms with E-state index in [0.29, 0.717) is 29.2 Å². The standard InChI is InChI=1S/C20H27ClFN5O/c1-20(2,3)14-7-4-12(5-8-14)10-17(28)23-18(19-24-26-27-25-19)13-6-9-15(21)16(22)11-13/h6,9,11-12,14,18H,4-5,7-8,10H2,1-3H3,(H,23,28)(H,24,25,26,27). The van der Waals surface area contributed by atoms with Crippen molar-refractivity contribution in [1.29, 1.82) is 0 Å². The summed E-state index contributed by atoms with van der Waals surface area (Å²) in [5.41, 5.74) is 0.836. The molecule has 1 heterocycles. The van der Waals surface area contributed by atoms with Gasteiger partial charge in [0.25, 0.3) is 0 Å². The van der Waals surface area contributed by atoms with E-state index in [1.54, 1.807) is 6.07 Å². The number of hydrogen-bond acceptors (Lipinski definition) is 4. The number of aromatic nitrogens is 4. The van der Waals surface area contributed by atoms with Crippen molar-refractivity contribution in [2.45, 2.75) is 58.9 Å². The molecule has 0 radical (unpaired) electrons. The van der Waals surface area contributed by atoms with Gasteiger partial charge in [0.2, 0.25) is 11.7 Å². The number of hydrogen-bond donors (Lipinski definition) is 2. The fourth-order valence-corrected chi connectivity index (χ4v) is 4.11. The minimum Gasteiger partial charge on any atom is -0.342 e. The maximum atomic E-state index is 13.9. The average molecular weight is 408 g/mol. The van der Waals surface area contributed by atoms with Crippen LogP contribution >= 0.6 is 11.6 Å². The molecule has 1 amide bonds. The number of H-pyrrole nitrogens is 1. The van der Waals surface area contributed by atoms with Gasteiger partial charge < -0.3 is 5.32 Å². The predicted molar refractivity (Wildman–Crippen MR) is 105 cm³/mol. The number of amides is 1. The van der Waals surface area contributed by atoms with Crippen LogP contribution in [0.1, 0.15) is 70.3 Å². The number of nitrogens with one attached hydrogen (secondary N) is 2. The number of benzene rings is 1. The van der Waals surface area contributed by atoms with E-state index in [4.69, 9.17) is 11.6 Å². The Hall–Kier alpha value is -2.02. The van der Waals surface area contributed by atoms with E-state index in [9.17, 15) is 9.18 Å². The summed E-state index contributed by atoms with van der Waals surface area (Å²) >= 11 is 5.78. The van der Waals surface area contributed by atoms with E-state index in [2.05, 4.69) is 46.7 Å². The van der Waals surface area contributed by atoms with Crippen LogP contribution in [0.4, 0.5) is 4.39 Å². The molecule has 6 nitrogen and oxygen atoms in total. The van der Waals surface area contributed by atoms with E-state index in [1.807, 2.05) is 0 Å². The van der Waals surface area contributed by atoms with E-state index < -0.39 is 11.9 Å². The Morgan fingerprint density at radius 1 is 1.32 bits per heavy atom. The summed E-state index contributed by atoms with van der Waals surface area (Å²) in [5, 5.41) is 16.8. The van der Waals surface area contributed by atoms with Crippen LogP contribution in [0.3, 0.4) is 0 Å². The summed E-state index contributed by atoms with van der Waals surface area (Å²) in [4.78, 5) is 12.7. The summed E-state index contributed by atoms with van der Waals surface area (Å²) < 4.78 is 13.9. The molecule has 2 N–H and O–H groups in total. The van der Waals surface area contributed by atoms with Crippen molar-refractivity contribution >= 4 is 17.5 Å². The smallest absolute Gasteiger partial charge is 0.221 e. The first-order valence-corrected chi connectivity index (χ1v) is 10.1. The lowest BCUT2D eigenvalue weighted by atomic mass is 9.69. The van der Waals surface area contributed by atoms with Gasteiger partial charge in [-0.1, -0.05) is 43.7 Å². The molecule has 0 spiro atoms. The molecule has 1 saturated carbocycles. The summed E-state index contributed by atoms with van der Waals surface area (Å²) in [6.45, 7) is 6.85. The summed E-state index contributed by atoms with van der Waals surface area (Å²) in [6, 6.07) is 3.72. The zero-order valence-corrected chi connectivity index (χ0v) is 17.3. The summed E-state index contributed by atoms with van der Waals surface area (Å²) in [6.07, 6.45) is 4.85. The van der Waals surface area contributed by atoms with Crippen LogP contribution in [0.5, 0.6) is 0 Å². The molecule has 28 heavy (non-hydrogen) atoms. The zero-order chi connectivity index (χ0) is 20.3. The number of rotatable bonds is 5. The quantitative estimate of drug-likeness (QED) is 0.767. The highest BCUT2D eigenvalue weighted by atomic mass is 35.5. The van der Waals surface area contributed by atoms with Crippen molar-refractivity contribution in [3.63, 3.8) is 0 Å². The van der Waals surface area contributed by atoms with E-state index >= 15 is 0 Å². The second-order valence-electron chi connectivity index (χ2n) is 8.73. The lowest BCUT2D eigenvalue weighted by Crippen LogP contribution is -2.33. The van der Waals surface area contributed by atoms with Crippen LogP contribution in [0, 0.1) is 23.1 Å². The number of nitrogens with zero attached hydrogens (tertiary/aromatic N) is 3. The van der Waals surface area contributed by atoms with Crippen molar-refractivity contribution in [2.24, 2.45) is 17.3 Å². The normalized spacial score (nSPS) is 21.3. The van der Waals surface area contributed by atoms with Crippen molar-refractivity contribution in [3.05, 3.63) is 40.4 Å². The van der Waals surface area contributed by atoms with Crippen LogP contribution in [-0.2, 0) is 4.79 Å². The van der Waals surface area contributed by atoms with Gasteiger partial charge in [-0.25, -0.2) is 4.39 Å². The Bertz CT molecular complexity index is 797. The summed E-state index contributed by atoms with van der Waals surface area (Å²) in [7, 11) is 0. The van der Waals surface area contributed by atoms with Crippen molar-refractivity contribution < 1.29 is 9.18 Å². The SMILES string of the molecule is CC(C)(C)C1CCC(CC(=O)NC(c2ccc(Cl)c(F)c2)c2nn[nH]n2)CC1. The minimum atomic E-state index is -0.677.